The molecule has 2 aliphatic rings. The van der Waals surface area contributed by atoms with Crippen LogP contribution in [0.15, 0.2) is 48.5 Å². The lowest BCUT2D eigenvalue weighted by atomic mass is 9.84. The fourth-order valence-corrected chi connectivity index (χ4v) is 4.64. The molecule has 1 amide bonds. The Hall–Kier alpha value is -1.91. The summed E-state index contributed by atoms with van der Waals surface area (Å²) in [6, 6.07) is 14.7. The highest BCUT2D eigenvalue weighted by molar-refractivity contribution is 6.31. The van der Waals surface area contributed by atoms with Crippen molar-refractivity contribution < 1.29 is 9.18 Å². The molecule has 2 fully saturated rings. The quantitative estimate of drug-likeness (QED) is 0.764. The van der Waals surface area contributed by atoms with Gasteiger partial charge in [0.1, 0.15) is 5.82 Å². The van der Waals surface area contributed by atoms with E-state index in [-0.39, 0.29) is 17.3 Å². The Labute approximate surface area is 164 Å². The monoisotopic (exact) mass is 386 g/mol. The lowest BCUT2D eigenvalue weighted by Gasteiger charge is -2.45. The highest BCUT2D eigenvalue weighted by atomic mass is 35.5. The zero-order valence-corrected chi connectivity index (χ0v) is 16.1. The molecule has 2 aliphatic heterocycles. The Bertz CT molecular complexity index is 833. The standard InChI is InChI=1S/C22H24ClFN2O/c23-19-7-3-1-5-17(19)15-25-13-11-22(12-14-25)10-9-21(27)26(22)16-18-6-2-4-8-20(18)24/h1-8H,9-16H2. The first-order valence-electron chi connectivity index (χ1n) is 9.57. The second kappa shape index (κ2) is 7.61. The van der Waals surface area contributed by atoms with Gasteiger partial charge in [-0.3, -0.25) is 9.69 Å². The summed E-state index contributed by atoms with van der Waals surface area (Å²) in [5.74, 6) is -0.0821. The van der Waals surface area contributed by atoms with Gasteiger partial charge in [0.25, 0.3) is 0 Å². The molecule has 2 aromatic rings. The topological polar surface area (TPSA) is 23.6 Å². The minimum absolute atomic E-state index is 0.129. The second-order valence-electron chi connectivity index (χ2n) is 7.66. The molecular formula is C22H24ClFN2O. The predicted molar refractivity (Wildman–Crippen MR) is 105 cm³/mol. The van der Waals surface area contributed by atoms with Crippen molar-refractivity contribution in [2.45, 2.75) is 44.3 Å². The molecular weight excluding hydrogens is 363 g/mol. The number of likely N-dealkylation sites (tertiary alicyclic amines) is 2. The van der Waals surface area contributed by atoms with Crippen LogP contribution in [-0.4, -0.2) is 34.3 Å². The smallest absolute Gasteiger partial charge is 0.223 e. The molecule has 0 bridgehead atoms. The Balaban J connectivity index is 1.45. The SMILES string of the molecule is O=C1CCC2(CCN(Cc3ccccc3Cl)CC2)N1Cc1ccccc1F. The summed E-state index contributed by atoms with van der Waals surface area (Å²) < 4.78 is 14.1. The van der Waals surface area contributed by atoms with Gasteiger partial charge in [0, 0.05) is 48.7 Å². The molecule has 2 heterocycles. The third kappa shape index (κ3) is 3.74. The number of halogens is 2. The van der Waals surface area contributed by atoms with E-state index in [0.717, 1.165) is 49.5 Å². The molecule has 1 spiro atoms. The van der Waals surface area contributed by atoms with E-state index in [2.05, 4.69) is 11.0 Å². The van der Waals surface area contributed by atoms with E-state index in [0.29, 0.717) is 18.5 Å². The van der Waals surface area contributed by atoms with Crippen molar-refractivity contribution in [1.29, 1.82) is 0 Å². The molecule has 0 N–H and O–H groups in total. The molecule has 27 heavy (non-hydrogen) atoms. The largest absolute Gasteiger partial charge is 0.332 e. The summed E-state index contributed by atoms with van der Waals surface area (Å²) in [7, 11) is 0. The number of carbonyl (C=O) groups excluding carboxylic acids is 1. The van der Waals surface area contributed by atoms with Gasteiger partial charge in [-0.05, 0) is 37.0 Å². The first-order chi connectivity index (χ1) is 13.1. The van der Waals surface area contributed by atoms with Crippen molar-refractivity contribution in [2.24, 2.45) is 0 Å². The zero-order valence-electron chi connectivity index (χ0n) is 15.3. The molecule has 3 nitrogen and oxygen atoms in total. The molecule has 2 saturated heterocycles. The molecule has 0 atom stereocenters. The molecule has 142 valence electrons. The van der Waals surface area contributed by atoms with Gasteiger partial charge in [-0.15, -0.1) is 0 Å². The van der Waals surface area contributed by atoms with Crippen LogP contribution < -0.4 is 0 Å². The number of carbonyl (C=O) groups is 1. The summed E-state index contributed by atoms with van der Waals surface area (Å²) in [5, 5.41) is 0.801. The number of amides is 1. The third-order valence-electron chi connectivity index (χ3n) is 6.10. The number of benzene rings is 2. The number of piperidine rings is 1. The van der Waals surface area contributed by atoms with Gasteiger partial charge in [-0.1, -0.05) is 48.0 Å². The van der Waals surface area contributed by atoms with Crippen LogP contribution in [0, 0.1) is 5.82 Å². The van der Waals surface area contributed by atoms with Crippen LogP contribution >= 0.6 is 11.6 Å². The summed E-state index contributed by atoms with van der Waals surface area (Å²) >= 11 is 6.30. The summed E-state index contributed by atoms with van der Waals surface area (Å²) in [6.45, 7) is 3.05. The Morgan fingerprint density at radius 2 is 1.59 bits per heavy atom. The highest BCUT2D eigenvalue weighted by Gasteiger charge is 2.46. The third-order valence-corrected chi connectivity index (χ3v) is 6.47. The van der Waals surface area contributed by atoms with E-state index in [1.807, 2.05) is 29.2 Å². The van der Waals surface area contributed by atoms with Gasteiger partial charge in [0.05, 0.1) is 0 Å². The molecule has 0 saturated carbocycles. The van der Waals surface area contributed by atoms with Crippen molar-refractivity contribution in [3.05, 3.63) is 70.5 Å². The van der Waals surface area contributed by atoms with E-state index in [9.17, 15) is 9.18 Å². The van der Waals surface area contributed by atoms with Crippen molar-refractivity contribution in [3.63, 3.8) is 0 Å². The van der Waals surface area contributed by atoms with Gasteiger partial charge in [0.2, 0.25) is 5.91 Å². The Morgan fingerprint density at radius 3 is 2.30 bits per heavy atom. The van der Waals surface area contributed by atoms with Crippen LogP contribution in [-0.2, 0) is 17.9 Å². The van der Waals surface area contributed by atoms with Crippen molar-refractivity contribution in [2.75, 3.05) is 13.1 Å². The summed E-state index contributed by atoms with van der Waals surface area (Å²) in [6.07, 6.45) is 3.30. The minimum Gasteiger partial charge on any atom is -0.332 e. The normalized spacial score (nSPS) is 19.8. The van der Waals surface area contributed by atoms with Crippen LogP contribution in [0.1, 0.15) is 36.8 Å². The molecule has 0 aromatic heterocycles. The van der Waals surface area contributed by atoms with Gasteiger partial charge >= 0.3 is 0 Å². The number of nitrogens with zero attached hydrogens (tertiary/aromatic N) is 2. The predicted octanol–water partition coefficient (Wildman–Crippen LogP) is 4.64. The zero-order chi connectivity index (χ0) is 18.9. The van der Waals surface area contributed by atoms with E-state index in [1.54, 1.807) is 12.1 Å². The van der Waals surface area contributed by atoms with Gasteiger partial charge < -0.3 is 4.90 Å². The van der Waals surface area contributed by atoms with Crippen LogP contribution in [0.2, 0.25) is 5.02 Å². The van der Waals surface area contributed by atoms with Crippen molar-refractivity contribution in [3.8, 4) is 0 Å². The number of rotatable bonds is 4. The maximum absolute atomic E-state index is 14.1. The van der Waals surface area contributed by atoms with E-state index in [1.165, 1.54) is 6.07 Å². The average Bonchev–Trinajstić information content (AvgIpc) is 2.97. The lowest BCUT2D eigenvalue weighted by Crippen LogP contribution is -2.52. The lowest BCUT2D eigenvalue weighted by molar-refractivity contribution is -0.133. The summed E-state index contributed by atoms with van der Waals surface area (Å²) in [5.41, 5.74) is 1.61. The fraction of sp³-hybridized carbons (Fsp3) is 0.409. The van der Waals surface area contributed by atoms with E-state index < -0.39 is 0 Å². The molecule has 2 aromatic carbocycles. The van der Waals surface area contributed by atoms with Gasteiger partial charge in [-0.2, -0.15) is 0 Å². The molecule has 5 heteroatoms. The van der Waals surface area contributed by atoms with E-state index >= 15 is 0 Å². The molecule has 4 rings (SSSR count). The Morgan fingerprint density at radius 1 is 0.926 bits per heavy atom. The maximum Gasteiger partial charge on any atom is 0.223 e. The minimum atomic E-state index is -0.233. The second-order valence-corrected chi connectivity index (χ2v) is 8.07. The van der Waals surface area contributed by atoms with Crippen LogP contribution in [0.25, 0.3) is 0 Å². The molecule has 0 radical (unpaired) electrons. The van der Waals surface area contributed by atoms with E-state index in [4.69, 9.17) is 11.6 Å². The summed E-state index contributed by atoms with van der Waals surface area (Å²) in [4.78, 5) is 16.9. The first kappa shape index (κ1) is 18.5. The molecule has 0 aliphatic carbocycles. The van der Waals surface area contributed by atoms with Gasteiger partial charge in [-0.25, -0.2) is 4.39 Å². The van der Waals surface area contributed by atoms with Crippen LogP contribution in [0.3, 0.4) is 0 Å². The number of hydrogen-bond donors (Lipinski definition) is 0. The van der Waals surface area contributed by atoms with Crippen LogP contribution in [0.5, 0.6) is 0 Å². The maximum atomic E-state index is 14.1. The van der Waals surface area contributed by atoms with Crippen molar-refractivity contribution >= 4 is 17.5 Å². The number of hydrogen-bond acceptors (Lipinski definition) is 2. The molecule has 0 unspecified atom stereocenters. The van der Waals surface area contributed by atoms with Gasteiger partial charge in [0.15, 0.2) is 0 Å². The fourth-order valence-electron chi connectivity index (χ4n) is 4.44. The Kier molecular flexibility index (Phi) is 5.20. The van der Waals surface area contributed by atoms with Crippen LogP contribution in [0.4, 0.5) is 4.39 Å². The first-order valence-corrected chi connectivity index (χ1v) is 9.95. The van der Waals surface area contributed by atoms with Crippen molar-refractivity contribution in [1.82, 2.24) is 9.80 Å². The average molecular weight is 387 g/mol. The highest BCUT2D eigenvalue weighted by Crippen LogP contribution is 2.40.